The molecular formula is C18H21NO3. The van der Waals surface area contributed by atoms with Crippen LogP contribution in [0.4, 0.5) is 10.5 Å². The lowest BCUT2D eigenvalue weighted by Crippen LogP contribution is -2.35. The van der Waals surface area contributed by atoms with E-state index in [1.165, 1.54) is 18.4 Å². The predicted octanol–water partition coefficient (Wildman–Crippen LogP) is 3.36. The van der Waals surface area contributed by atoms with Gasteiger partial charge in [0.05, 0.1) is 12.2 Å². The highest BCUT2D eigenvalue weighted by atomic mass is 16.6. The molecule has 1 heterocycles. The highest BCUT2D eigenvalue weighted by Gasteiger charge is 2.67. The Hall–Kier alpha value is -1.55. The van der Waals surface area contributed by atoms with E-state index in [1.807, 2.05) is 31.2 Å². The molecule has 0 spiro atoms. The van der Waals surface area contributed by atoms with Crippen LogP contribution in [0.5, 0.6) is 0 Å². The molecule has 116 valence electrons. The number of carbonyl (C=O) groups excluding carboxylic acids is 1. The van der Waals surface area contributed by atoms with Crippen molar-refractivity contribution < 1.29 is 14.3 Å². The van der Waals surface area contributed by atoms with Crippen LogP contribution < -0.4 is 5.32 Å². The Labute approximate surface area is 130 Å². The van der Waals surface area contributed by atoms with Gasteiger partial charge in [0.1, 0.15) is 6.10 Å². The van der Waals surface area contributed by atoms with Crippen molar-refractivity contribution in [3.05, 3.63) is 29.8 Å². The Bertz CT molecular complexity index is 613. The summed E-state index contributed by atoms with van der Waals surface area (Å²) in [5.41, 5.74) is 1.98. The highest BCUT2D eigenvalue weighted by molar-refractivity contribution is 5.84. The number of amides is 1. The second-order valence-electron chi connectivity index (χ2n) is 7.45. The smallest absolute Gasteiger partial charge is 0.411 e. The topological polar surface area (TPSA) is 50.9 Å². The van der Waals surface area contributed by atoms with Gasteiger partial charge in [-0.3, -0.25) is 5.32 Å². The van der Waals surface area contributed by atoms with Crippen LogP contribution in [0.3, 0.4) is 0 Å². The average molecular weight is 299 g/mol. The third-order valence-electron chi connectivity index (χ3n) is 6.24. The molecule has 0 radical (unpaired) electrons. The molecule has 4 aliphatic rings. The zero-order valence-corrected chi connectivity index (χ0v) is 12.7. The van der Waals surface area contributed by atoms with Gasteiger partial charge in [-0.2, -0.15) is 0 Å². The van der Waals surface area contributed by atoms with E-state index < -0.39 is 0 Å². The minimum absolute atomic E-state index is 0.106. The molecule has 3 aliphatic carbocycles. The molecule has 1 saturated heterocycles. The van der Waals surface area contributed by atoms with Crippen LogP contribution in [0.15, 0.2) is 24.3 Å². The molecule has 4 nitrogen and oxygen atoms in total. The number of carbonyl (C=O) groups is 1. The summed E-state index contributed by atoms with van der Waals surface area (Å²) in [6, 6.07) is 7.80. The Morgan fingerprint density at radius 2 is 2.00 bits per heavy atom. The summed E-state index contributed by atoms with van der Waals surface area (Å²) in [7, 11) is 0. The minimum Gasteiger partial charge on any atom is -0.446 e. The fourth-order valence-corrected chi connectivity index (χ4v) is 5.32. The molecule has 0 aromatic heterocycles. The van der Waals surface area contributed by atoms with Crippen molar-refractivity contribution in [2.45, 2.75) is 44.5 Å². The van der Waals surface area contributed by atoms with Crippen molar-refractivity contribution in [1.29, 1.82) is 0 Å². The first kappa shape index (κ1) is 12.9. The number of epoxide rings is 1. The molecule has 7 atom stereocenters. The first-order valence-electron chi connectivity index (χ1n) is 8.39. The van der Waals surface area contributed by atoms with Gasteiger partial charge in [0.25, 0.3) is 0 Å². The second-order valence-corrected chi connectivity index (χ2v) is 7.45. The summed E-state index contributed by atoms with van der Waals surface area (Å²) in [4.78, 5) is 12.1. The van der Waals surface area contributed by atoms with Crippen LogP contribution in [-0.4, -0.2) is 24.4 Å². The summed E-state index contributed by atoms with van der Waals surface area (Å²) in [5, 5.41) is 2.85. The molecule has 1 amide bonds. The highest BCUT2D eigenvalue weighted by Crippen LogP contribution is 2.64. The molecule has 1 aromatic rings. The Morgan fingerprint density at radius 3 is 2.82 bits per heavy atom. The Balaban J connectivity index is 1.22. The Morgan fingerprint density at radius 1 is 1.18 bits per heavy atom. The largest absolute Gasteiger partial charge is 0.446 e. The van der Waals surface area contributed by atoms with Crippen molar-refractivity contribution in [2.24, 2.45) is 23.7 Å². The number of nitrogens with one attached hydrogen (secondary N) is 1. The number of benzene rings is 1. The molecule has 4 heteroatoms. The molecule has 3 saturated carbocycles. The summed E-state index contributed by atoms with van der Waals surface area (Å²) in [6.45, 7) is 2.03. The monoisotopic (exact) mass is 299 g/mol. The zero-order valence-electron chi connectivity index (χ0n) is 12.7. The number of hydrogen-bond acceptors (Lipinski definition) is 3. The quantitative estimate of drug-likeness (QED) is 0.852. The lowest BCUT2D eigenvalue weighted by molar-refractivity contribution is 0.0251. The van der Waals surface area contributed by atoms with E-state index in [9.17, 15) is 4.79 Å². The molecule has 1 aliphatic heterocycles. The van der Waals surface area contributed by atoms with E-state index in [0.29, 0.717) is 24.0 Å². The number of aryl methyl sites for hydroxylation is 1. The van der Waals surface area contributed by atoms with Crippen LogP contribution in [0, 0.1) is 30.6 Å². The van der Waals surface area contributed by atoms with E-state index in [-0.39, 0.29) is 12.2 Å². The first-order valence-corrected chi connectivity index (χ1v) is 8.39. The number of hydrogen-bond donors (Lipinski definition) is 1. The lowest BCUT2D eigenvalue weighted by atomic mass is 9.79. The number of anilines is 1. The summed E-state index contributed by atoms with van der Waals surface area (Å²) in [6.07, 6.45) is 4.31. The van der Waals surface area contributed by atoms with Crippen molar-refractivity contribution in [1.82, 2.24) is 0 Å². The van der Waals surface area contributed by atoms with Crippen molar-refractivity contribution in [2.75, 3.05) is 5.32 Å². The standard InChI is InChI=1S/C18H21NO3/c1-9-2-4-11(5-3-9)19-18(20)22-14-7-10-6-12(14)13-8-15-17(21-15)16(10)13/h2-5,10,12-17H,6-8H2,1H3,(H,19,20). The van der Waals surface area contributed by atoms with Crippen LogP contribution in [-0.2, 0) is 9.47 Å². The number of ether oxygens (including phenoxy) is 2. The van der Waals surface area contributed by atoms with Gasteiger partial charge in [-0.1, -0.05) is 17.7 Å². The third-order valence-corrected chi connectivity index (χ3v) is 6.24. The summed E-state index contributed by atoms with van der Waals surface area (Å²) in [5.74, 6) is 2.77. The van der Waals surface area contributed by atoms with E-state index in [0.717, 1.165) is 23.9 Å². The fourth-order valence-electron chi connectivity index (χ4n) is 5.32. The zero-order chi connectivity index (χ0) is 14.8. The summed E-state index contributed by atoms with van der Waals surface area (Å²) < 4.78 is 11.5. The van der Waals surface area contributed by atoms with Gasteiger partial charge < -0.3 is 9.47 Å². The van der Waals surface area contributed by atoms with Gasteiger partial charge >= 0.3 is 6.09 Å². The fraction of sp³-hybridized carbons (Fsp3) is 0.611. The van der Waals surface area contributed by atoms with Gasteiger partial charge in [-0.15, -0.1) is 0 Å². The maximum absolute atomic E-state index is 12.1. The normalized spacial score (nSPS) is 43.6. The third kappa shape index (κ3) is 1.89. The maximum Gasteiger partial charge on any atom is 0.411 e. The van der Waals surface area contributed by atoms with Gasteiger partial charge in [-0.05, 0) is 62.0 Å². The van der Waals surface area contributed by atoms with Crippen LogP contribution >= 0.6 is 0 Å². The van der Waals surface area contributed by atoms with Gasteiger partial charge in [0.15, 0.2) is 0 Å². The number of rotatable bonds is 2. The van der Waals surface area contributed by atoms with Gasteiger partial charge in [0.2, 0.25) is 0 Å². The second kappa shape index (κ2) is 4.48. The minimum atomic E-state index is -0.308. The molecular weight excluding hydrogens is 278 g/mol. The molecule has 7 unspecified atom stereocenters. The molecule has 5 rings (SSSR count). The van der Waals surface area contributed by atoms with Crippen molar-refractivity contribution in [3.63, 3.8) is 0 Å². The molecule has 4 fully saturated rings. The van der Waals surface area contributed by atoms with Gasteiger partial charge in [0, 0.05) is 5.69 Å². The maximum atomic E-state index is 12.1. The molecule has 1 N–H and O–H groups in total. The SMILES string of the molecule is Cc1ccc(NC(=O)OC2CC3CC2C2CC4OC4C32)cc1. The van der Waals surface area contributed by atoms with E-state index >= 15 is 0 Å². The van der Waals surface area contributed by atoms with Crippen molar-refractivity contribution >= 4 is 11.8 Å². The molecule has 1 aromatic carbocycles. The first-order chi connectivity index (χ1) is 10.7. The van der Waals surface area contributed by atoms with Crippen LogP contribution in [0.2, 0.25) is 0 Å². The van der Waals surface area contributed by atoms with E-state index in [1.54, 1.807) is 0 Å². The van der Waals surface area contributed by atoms with E-state index in [2.05, 4.69) is 5.32 Å². The Kier molecular flexibility index (Phi) is 2.63. The average Bonchev–Trinajstić information content (AvgIpc) is 2.84. The van der Waals surface area contributed by atoms with Crippen LogP contribution in [0.1, 0.15) is 24.8 Å². The van der Waals surface area contributed by atoms with E-state index in [4.69, 9.17) is 9.47 Å². The van der Waals surface area contributed by atoms with Gasteiger partial charge in [-0.25, -0.2) is 4.79 Å². The lowest BCUT2D eigenvalue weighted by Gasteiger charge is -2.32. The predicted molar refractivity (Wildman–Crippen MR) is 81.5 cm³/mol. The summed E-state index contributed by atoms with van der Waals surface area (Å²) >= 11 is 0. The molecule has 2 bridgehead atoms. The van der Waals surface area contributed by atoms with Crippen LogP contribution in [0.25, 0.3) is 0 Å². The molecule has 22 heavy (non-hydrogen) atoms. The van der Waals surface area contributed by atoms with Crippen molar-refractivity contribution in [3.8, 4) is 0 Å². The number of fused-ring (bicyclic) bond motifs is 7.